The van der Waals surface area contributed by atoms with Gasteiger partial charge in [-0.2, -0.15) is 0 Å². The van der Waals surface area contributed by atoms with E-state index in [-0.39, 0.29) is 10.8 Å². The van der Waals surface area contributed by atoms with E-state index in [9.17, 15) is 0 Å². The number of allylic oxidation sites excluding steroid dienone is 4. The lowest BCUT2D eigenvalue weighted by Gasteiger charge is -2.33. The van der Waals surface area contributed by atoms with Gasteiger partial charge < -0.3 is 5.32 Å². The Labute approximate surface area is 81.9 Å². The minimum atomic E-state index is 0.192. The van der Waals surface area contributed by atoms with Gasteiger partial charge in [0.1, 0.15) is 0 Å². The molecule has 0 aromatic rings. The van der Waals surface area contributed by atoms with Crippen molar-refractivity contribution in [2.75, 3.05) is 0 Å². The zero-order valence-electron chi connectivity index (χ0n) is 9.65. The van der Waals surface area contributed by atoms with Gasteiger partial charge in [0.2, 0.25) is 0 Å². The maximum absolute atomic E-state index is 3.43. The first kappa shape index (κ1) is 10.4. The molecular weight excluding hydrogens is 158 g/mol. The minimum Gasteiger partial charge on any atom is -0.363 e. The van der Waals surface area contributed by atoms with Crippen LogP contribution in [0.1, 0.15) is 41.5 Å². The van der Waals surface area contributed by atoms with Crippen molar-refractivity contribution in [2.24, 2.45) is 10.8 Å². The van der Waals surface area contributed by atoms with Gasteiger partial charge in [-0.15, -0.1) is 0 Å². The maximum Gasteiger partial charge on any atom is 0.0171 e. The molecule has 0 aromatic carbocycles. The smallest absolute Gasteiger partial charge is 0.0171 e. The summed E-state index contributed by atoms with van der Waals surface area (Å²) in [6.07, 6.45) is 4.59. The molecule has 0 aromatic heterocycles. The second kappa shape index (κ2) is 2.90. The average molecular weight is 179 g/mol. The van der Waals surface area contributed by atoms with E-state index in [2.05, 4.69) is 59.0 Å². The van der Waals surface area contributed by atoms with Crippen LogP contribution in [0.15, 0.2) is 23.5 Å². The highest BCUT2D eigenvalue weighted by Gasteiger charge is 2.24. The third kappa shape index (κ3) is 2.61. The summed E-state index contributed by atoms with van der Waals surface area (Å²) in [7, 11) is 0. The Morgan fingerprint density at radius 3 is 2.08 bits per heavy atom. The topological polar surface area (TPSA) is 12.0 Å². The summed E-state index contributed by atoms with van der Waals surface area (Å²) in [5, 5.41) is 3.43. The molecule has 0 spiro atoms. The normalized spacial score (nSPS) is 21.7. The Hall–Kier alpha value is -0.720. The van der Waals surface area contributed by atoms with E-state index >= 15 is 0 Å². The SMILES string of the molecule is CC1=CC(C)(C)C=C(C(C)(C)C)N1. The molecule has 1 aliphatic rings. The first-order valence-corrected chi connectivity index (χ1v) is 4.90. The molecule has 0 aliphatic carbocycles. The summed E-state index contributed by atoms with van der Waals surface area (Å²) in [4.78, 5) is 0. The molecular formula is C12H21N. The van der Waals surface area contributed by atoms with Crippen molar-refractivity contribution >= 4 is 0 Å². The van der Waals surface area contributed by atoms with Crippen LogP contribution in [0.3, 0.4) is 0 Å². The van der Waals surface area contributed by atoms with Gasteiger partial charge in [-0.05, 0) is 6.92 Å². The number of nitrogens with one attached hydrogen (secondary N) is 1. The van der Waals surface area contributed by atoms with Crippen LogP contribution in [-0.4, -0.2) is 0 Å². The highest BCUT2D eigenvalue weighted by Crippen LogP contribution is 2.33. The summed E-state index contributed by atoms with van der Waals surface area (Å²) >= 11 is 0. The first-order chi connectivity index (χ1) is 5.71. The van der Waals surface area contributed by atoms with Gasteiger partial charge in [0.05, 0.1) is 0 Å². The van der Waals surface area contributed by atoms with E-state index in [0.717, 1.165) is 0 Å². The van der Waals surface area contributed by atoms with Crippen LogP contribution in [0, 0.1) is 10.8 Å². The summed E-state index contributed by atoms with van der Waals surface area (Å²) in [6, 6.07) is 0. The second-order valence-corrected chi connectivity index (χ2v) is 5.58. The van der Waals surface area contributed by atoms with Crippen LogP contribution in [0.5, 0.6) is 0 Å². The molecule has 1 heteroatoms. The summed E-state index contributed by atoms with van der Waals surface area (Å²) in [6.45, 7) is 13.3. The molecule has 1 rings (SSSR count). The fourth-order valence-electron chi connectivity index (χ4n) is 1.66. The largest absolute Gasteiger partial charge is 0.363 e. The molecule has 1 aliphatic heterocycles. The van der Waals surface area contributed by atoms with Crippen LogP contribution in [0.25, 0.3) is 0 Å². The van der Waals surface area contributed by atoms with Crippen molar-refractivity contribution in [1.82, 2.24) is 5.32 Å². The number of rotatable bonds is 0. The first-order valence-electron chi connectivity index (χ1n) is 4.90. The van der Waals surface area contributed by atoms with E-state index in [4.69, 9.17) is 0 Å². The van der Waals surface area contributed by atoms with Crippen molar-refractivity contribution in [2.45, 2.75) is 41.5 Å². The Balaban J connectivity index is 2.99. The molecule has 1 nitrogen and oxygen atoms in total. The molecule has 0 atom stereocenters. The van der Waals surface area contributed by atoms with Crippen molar-refractivity contribution < 1.29 is 0 Å². The standard InChI is InChI=1S/C12H21N/c1-9-7-12(5,6)8-10(13-9)11(2,3)4/h7-8,13H,1-6H3. The molecule has 0 radical (unpaired) electrons. The van der Waals surface area contributed by atoms with Gasteiger partial charge in [0.15, 0.2) is 0 Å². The molecule has 0 bridgehead atoms. The Morgan fingerprint density at radius 1 is 1.15 bits per heavy atom. The van der Waals surface area contributed by atoms with E-state index in [1.54, 1.807) is 0 Å². The lowest BCUT2D eigenvalue weighted by atomic mass is 9.81. The molecule has 1 N–H and O–H groups in total. The molecule has 0 saturated carbocycles. The Morgan fingerprint density at radius 2 is 1.69 bits per heavy atom. The molecule has 0 amide bonds. The fourth-order valence-corrected chi connectivity index (χ4v) is 1.66. The number of hydrogen-bond acceptors (Lipinski definition) is 1. The zero-order valence-corrected chi connectivity index (χ0v) is 9.65. The van der Waals surface area contributed by atoms with E-state index in [1.807, 2.05) is 0 Å². The van der Waals surface area contributed by atoms with Gasteiger partial charge >= 0.3 is 0 Å². The number of dihydropyridines is 1. The molecule has 0 saturated heterocycles. The third-order valence-corrected chi connectivity index (χ3v) is 2.24. The predicted molar refractivity (Wildman–Crippen MR) is 58.2 cm³/mol. The maximum atomic E-state index is 3.43. The van der Waals surface area contributed by atoms with Gasteiger partial charge in [0, 0.05) is 22.2 Å². The van der Waals surface area contributed by atoms with Crippen molar-refractivity contribution in [3.8, 4) is 0 Å². The van der Waals surface area contributed by atoms with E-state index in [0.29, 0.717) is 0 Å². The summed E-state index contributed by atoms with van der Waals surface area (Å²) in [5.74, 6) is 0. The van der Waals surface area contributed by atoms with Crippen LogP contribution in [-0.2, 0) is 0 Å². The van der Waals surface area contributed by atoms with Crippen LogP contribution in [0.2, 0.25) is 0 Å². The summed E-state index contributed by atoms with van der Waals surface area (Å²) in [5.41, 5.74) is 3.00. The Kier molecular flexibility index (Phi) is 2.31. The fraction of sp³-hybridized carbons (Fsp3) is 0.667. The van der Waals surface area contributed by atoms with Gasteiger partial charge in [0.25, 0.3) is 0 Å². The molecule has 74 valence electrons. The van der Waals surface area contributed by atoms with Gasteiger partial charge in [-0.3, -0.25) is 0 Å². The lowest BCUT2D eigenvalue weighted by molar-refractivity contribution is 0.445. The van der Waals surface area contributed by atoms with Crippen molar-refractivity contribution in [3.63, 3.8) is 0 Å². The second-order valence-electron chi connectivity index (χ2n) is 5.58. The molecule has 13 heavy (non-hydrogen) atoms. The van der Waals surface area contributed by atoms with E-state index in [1.165, 1.54) is 11.4 Å². The van der Waals surface area contributed by atoms with Crippen LogP contribution < -0.4 is 5.32 Å². The van der Waals surface area contributed by atoms with Crippen LogP contribution >= 0.6 is 0 Å². The highest BCUT2D eigenvalue weighted by molar-refractivity contribution is 5.27. The summed E-state index contributed by atoms with van der Waals surface area (Å²) < 4.78 is 0. The third-order valence-electron chi connectivity index (χ3n) is 2.24. The molecule has 1 heterocycles. The Bertz CT molecular complexity index is 261. The minimum absolute atomic E-state index is 0.192. The number of hydrogen-bond donors (Lipinski definition) is 1. The molecule has 0 fully saturated rings. The van der Waals surface area contributed by atoms with Crippen molar-refractivity contribution in [1.29, 1.82) is 0 Å². The molecule has 0 unspecified atom stereocenters. The van der Waals surface area contributed by atoms with E-state index < -0.39 is 0 Å². The van der Waals surface area contributed by atoms with Crippen molar-refractivity contribution in [3.05, 3.63) is 23.5 Å². The quantitative estimate of drug-likeness (QED) is 0.600. The monoisotopic (exact) mass is 179 g/mol. The van der Waals surface area contributed by atoms with Gasteiger partial charge in [-0.1, -0.05) is 46.8 Å². The predicted octanol–water partition coefficient (Wildman–Crippen LogP) is 3.45. The highest BCUT2D eigenvalue weighted by atomic mass is 14.9. The average Bonchev–Trinajstić information content (AvgIpc) is 1.79. The zero-order chi connectivity index (χ0) is 10.3. The van der Waals surface area contributed by atoms with Crippen LogP contribution in [0.4, 0.5) is 0 Å². The van der Waals surface area contributed by atoms with Gasteiger partial charge in [-0.25, -0.2) is 0 Å². The lowest BCUT2D eigenvalue weighted by Crippen LogP contribution is -2.29.